The number of fused-ring (bicyclic) bond motifs is 1. The van der Waals surface area contributed by atoms with Crippen LogP contribution in [0, 0.1) is 11.6 Å². The monoisotopic (exact) mass is 538 g/mol. The number of nitrogens with zero attached hydrogens (tertiary/aromatic N) is 5. The fraction of sp³-hybridized carbons (Fsp3) is 0.625. The van der Waals surface area contributed by atoms with E-state index in [1.54, 1.807) is 22.5 Å². The molecule has 1 aromatic heterocycles. The molecule has 1 aliphatic heterocycles. The lowest BCUT2D eigenvalue weighted by atomic mass is 10.1. The Labute approximate surface area is 217 Å². The van der Waals surface area contributed by atoms with E-state index in [1.807, 2.05) is 11.9 Å². The molecule has 4 N–H and O–H groups in total. The van der Waals surface area contributed by atoms with Crippen LogP contribution in [-0.4, -0.2) is 96.9 Å². The molecule has 0 bridgehead atoms. The summed E-state index contributed by atoms with van der Waals surface area (Å²) in [5, 5.41) is 42.5. The second-order valence-electron chi connectivity index (χ2n) is 9.66. The van der Waals surface area contributed by atoms with Crippen LogP contribution < -0.4 is 5.32 Å². The van der Waals surface area contributed by atoms with Crippen LogP contribution in [0.2, 0.25) is 0 Å². The molecule has 2 heterocycles. The van der Waals surface area contributed by atoms with Gasteiger partial charge in [0.15, 0.2) is 29.0 Å². The Balaban J connectivity index is 1.44. The standard InChI is InChI=1S/C24H32F2N6O4S/c1-3-8-37-24-28-23-19(29-30-32(23)17-11-18(36-7-6-33)21(35)20(17)34)22(31(24)2)27-16-10-13(16)12-4-5-14(25)15(26)9-12/h4-5,9,13,16-18,20-21,24,28,33-35H,3,6-8,10-11H2,1-2H3/t13-,16+,17+,18-,20-,21+,24?/m0/s1. The topological polar surface area (TPSA) is 128 Å². The fourth-order valence-corrected chi connectivity index (χ4v) is 5.98. The van der Waals surface area contributed by atoms with Crippen molar-refractivity contribution in [2.75, 3.05) is 31.3 Å². The molecule has 7 atom stereocenters. The van der Waals surface area contributed by atoms with E-state index in [1.165, 1.54) is 6.07 Å². The van der Waals surface area contributed by atoms with Gasteiger partial charge in [-0.25, -0.2) is 13.5 Å². The highest BCUT2D eigenvalue weighted by Gasteiger charge is 2.47. The predicted molar refractivity (Wildman–Crippen MR) is 134 cm³/mol. The van der Waals surface area contributed by atoms with Crippen LogP contribution in [0.4, 0.5) is 14.6 Å². The van der Waals surface area contributed by atoms with Gasteiger partial charge in [-0.3, -0.25) is 4.99 Å². The molecule has 2 fully saturated rings. The zero-order valence-corrected chi connectivity index (χ0v) is 21.5. The first-order chi connectivity index (χ1) is 17.8. The number of hydrogen-bond donors (Lipinski definition) is 4. The SMILES string of the molecule is CCCSC1Nc2c(nnn2[C@@H]2C[C@H](OCCO)[C@@H](O)[C@H]2O)C(=N[C@@H]2C[C@H]2c2ccc(F)c(F)c2)N1C. The number of aliphatic hydroxyl groups is 3. The lowest BCUT2D eigenvalue weighted by molar-refractivity contribution is -0.0630. The number of aromatic nitrogens is 3. The maximum absolute atomic E-state index is 13.8. The van der Waals surface area contributed by atoms with E-state index in [0.717, 1.165) is 18.2 Å². The molecule has 3 aliphatic rings. The van der Waals surface area contributed by atoms with Crippen LogP contribution in [0.15, 0.2) is 23.2 Å². The van der Waals surface area contributed by atoms with Gasteiger partial charge in [-0.15, -0.1) is 16.9 Å². The quantitative estimate of drug-likeness (QED) is 0.377. The van der Waals surface area contributed by atoms with E-state index in [9.17, 15) is 19.0 Å². The van der Waals surface area contributed by atoms with Gasteiger partial charge in [-0.2, -0.15) is 0 Å². The third-order valence-corrected chi connectivity index (χ3v) is 8.48. The second-order valence-corrected chi connectivity index (χ2v) is 10.9. The first-order valence-electron chi connectivity index (χ1n) is 12.5. The highest BCUT2D eigenvalue weighted by Crippen LogP contribution is 2.45. The van der Waals surface area contributed by atoms with E-state index in [4.69, 9.17) is 14.8 Å². The van der Waals surface area contributed by atoms with Crippen molar-refractivity contribution in [3.8, 4) is 0 Å². The maximum atomic E-state index is 13.8. The van der Waals surface area contributed by atoms with Crippen molar-refractivity contribution < 1.29 is 28.8 Å². The molecule has 1 aromatic carbocycles. The van der Waals surface area contributed by atoms with Gasteiger partial charge in [-0.05, 0) is 36.3 Å². The molecule has 202 valence electrons. The average molecular weight is 539 g/mol. The van der Waals surface area contributed by atoms with Crippen LogP contribution in [0.25, 0.3) is 0 Å². The third kappa shape index (κ3) is 5.07. The van der Waals surface area contributed by atoms with Gasteiger partial charge >= 0.3 is 0 Å². The van der Waals surface area contributed by atoms with Crippen molar-refractivity contribution in [3.05, 3.63) is 41.1 Å². The summed E-state index contributed by atoms with van der Waals surface area (Å²) in [7, 11) is 1.92. The van der Waals surface area contributed by atoms with Gasteiger partial charge < -0.3 is 30.3 Å². The van der Waals surface area contributed by atoms with Crippen LogP contribution >= 0.6 is 11.8 Å². The van der Waals surface area contributed by atoms with Crippen LogP contribution in [0.5, 0.6) is 0 Å². The molecular formula is C24H32F2N6O4S. The minimum Gasteiger partial charge on any atom is -0.394 e. The highest BCUT2D eigenvalue weighted by molar-refractivity contribution is 7.99. The number of aliphatic imine (C=N–C) groups is 1. The summed E-state index contributed by atoms with van der Waals surface area (Å²) in [6, 6.07) is 3.28. The van der Waals surface area contributed by atoms with Crippen molar-refractivity contribution in [3.63, 3.8) is 0 Å². The highest BCUT2D eigenvalue weighted by atomic mass is 32.2. The van der Waals surface area contributed by atoms with Gasteiger partial charge in [0, 0.05) is 19.4 Å². The smallest absolute Gasteiger partial charge is 0.172 e. The van der Waals surface area contributed by atoms with Gasteiger partial charge in [0.1, 0.15) is 17.7 Å². The Morgan fingerprint density at radius 2 is 2.03 bits per heavy atom. The lowest BCUT2D eigenvalue weighted by Gasteiger charge is -2.36. The molecule has 0 radical (unpaired) electrons. The fourth-order valence-electron chi connectivity index (χ4n) is 5.00. The number of amidine groups is 1. The molecule has 13 heteroatoms. The molecular weight excluding hydrogens is 506 g/mol. The molecule has 0 amide bonds. The largest absolute Gasteiger partial charge is 0.394 e. The third-order valence-electron chi connectivity index (χ3n) is 7.09. The Kier molecular flexibility index (Phi) is 7.68. The predicted octanol–water partition coefficient (Wildman–Crippen LogP) is 1.69. The molecule has 37 heavy (non-hydrogen) atoms. The summed E-state index contributed by atoms with van der Waals surface area (Å²) in [5.41, 5.74) is 1.06. The number of nitrogens with one attached hydrogen (secondary N) is 1. The summed E-state index contributed by atoms with van der Waals surface area (Å²) in [6.45, 7) is 1.98. The zero-order valence-electron chi connectivity index (χ0n) is 20.7. The summed E-state index contributed by atoms with van der Waals surface area (Å²) < 4.78 is 34.3. The molecule has 10 nitrogen and oxygen atoms in total. The Hall–Kier alpha value is -2.32. The van der Waals surface area contributed by atoms with Gasteiger partial charge in [-0.1, -0.05) is 18.2 Å². The number of ether oxygens (including phenoxy) is 1. The molecule has 2 aromatic rings. The number of thioether (sulfide) groups is 1. The summed E-state index contributed by atoms with van der Waals surface area (Å²) in [6.07, 6.45) is -0.894. The first kappa shape index (κ1) is 26.3. The minimum absolute atomic E-state index is 0.0117. The number of rotatable bonds is 9. The van der Waals surface area contributed by atoms with E-state index in [0.29, 0.717) is 35.8 Å². The van der Waals surface area contributed by atoms with Crippen molar-refractivity contribution in [1.29, 1.82) is 0 Å². The van der Waals surface area contributed by atoms with Gasteiger partial charge in [0.05, 0.1) is 31.4 Å². The van der Waals surface area contributed by atoms with E-state index >= 15 is 0 Å². The lowest BCUT2D eigenvalue weighted by Crippen LogP contribution is -2.46. The second kappa shape index (κ2) is 10.8. The molecule has 2 aliphatic carbocycles. The van der Waals surface area contributed by atoms with E-state index < -0.39 is 36.0 Å². The Bertz CT molecular complexity index is 1150. The number of hydrogen-bond acceptors (Lipinski definition) is 9. The average Bonchev–Trinajstić information content (AvgIpc) is 3.45. The van der Waals surface area contributed by atoms with Gasteiger partial charge in [0.25, 0.3) is 0 Å². The number of halogens is 2. The van der Waals surface area contributed by atoms with Crippen LogP contribution in [-0.2, 0) is 4.74 Å². The number of anilines is 1. The normalized spacial score (nSPS) is 32.0. The maximum Gasteiger partial charge on any atom is 0.172 e. The molecule has 2 saturated carbocycles. The zero-order chi connectivity index (χ0) is 26.3. The number of benzene rings is 1. The van der Waals surface area contributed by atoms with Crippen molar-refractivity contribution in [2.24, 2.45) is 4.99 Å². The van der Waals surface area contributed by atoms with Crippen molar-refractivity contribution >= 4 is 23.4 Å². The van der Waals surface area contributed by atoms with Crippen molar-refractivity contribution in [1.82, 2.24) is 19.9 Å². The molecule has 5 rings (SSSR count). The van der Waals surface area contributed by atoms with Crippen molar-refractivity contribution in [2.45, 2.75) is 68.0 Å². The van der Waals surface area contributed by atoms with E-state index in [-0.39, 0.29) is 30.7 Å². The molecule has 0 spiro atoms. The van der Waals surface area contributed by atoms with Gasteiger partial charge in [0.2, 0.25) is 0 Å². The van der Waals surface area contributed by atoms with Crippen LogP contribution in [0.3, 0.4) is 0 Å². The Morgan fingerprint density at radius 1 is 1.22 bits per heavy atom. The van der Waals surface area contributed by atoms with Crippen LogP contribution in [0.1, 0.15) is 49.4 Å². The number of aliphatic hydroxyl groups excluding tert-OH is 3. The van der Waals surface area contributed by atoms with E-state index in [2.05, 4.69) is 22.6 Å². The summed E-state index contributed by atoms with van der Waals surface area (Å²) in [4.78, 5) is 6.96. The molecule has 0 saturated heterocycles. The summed E-state index contributed by atoms with van der Waals surface area (Å²) in [5.74, 6) is 0.372. The summed E-state index contributed by atoms with van der Waals surface area (Å²) >= 11 is 1.70. The Morgan fingerprint density at radius 3 is 2.76 bits per heavy atom. The molecule has 1 unspecified atom stereocenters. The minimum atomic E-state index is -1.13. The first-order valence-corrected chi connectivity index (χ1v) is 13.6.